The minimum absolute atomic E-state index is 0.122. The molecule has 0 spiro atoms. The number of nitrogens with zero attached hydrogens (tertiary/aromatic N) is 3. The van der Waals surface area contributed by atoms with Crippen molar-refractivity contribution in [3.8, 4) is 0 Å². The number of phosphoric ester groups is 1. The van der Waals surface area contributed by atoms with Crippen LogP contribution in [0.5, 0.6) is 0 Å². The first-order valence-corrected chi connectivity index (χ1v) is 11.2. The third-order valence-electron chi connectivity index (χ3n) is 4.26. The number of aliphatic hydroxyl groups is 1. The minimum Gasteiger partial charge on any atom is -0.387 e. The Morgan fingerprint density at radius 2 is 2.07 bits per heavy atom. The van der Waals surface area contributed by atoms with Gasteiger partial charge in [-0.05, 0) is 0 Å². The van der Waals surface area contributed by atoms with Crippen LogP contribution in [-0.4, -0.2) is 66.4 Å². The predicted molar refractivity (Wildman–Crippen MR) is 95.6 cm³/mol. The number of phosphoric acid groups is 2. The van der Waals surface area contributed by atoms with Gasteiger partial charge in [0, 0.05) is 7.11 Å². The van der Waals surface area contributed by atoms with Crippen molar-refractivity contribution in [1.29, 1.82) is 0 Å². The summed E-state index contributed by atoms with van der Waals surface area (Å²) < 4.78 is 44.3. The summed E-state index contributed by atoms with van der Waals surface area (Å²) in [5.41, 5.74) is 5.37. The molecule has 1 saturated heterocycles. The molecule has 1 aliphatic heterocycles. The van der Waals surface area contributed by atoms with E-state index >= 15 is 0 Å². The van der Waals surface area contributed by atoms with Crippen molar-refractivity contribution < 1.29 is 51.8 Å². The molecule has 1 fully saturated rings. The van der Waals surface area contributed by atoms with E-state index in [0.29, 0.717) is 0 Å². The SMILES string of the molecule is CO[C@@H]1[C@H](O)[C@@H](COP(=O)(O)OP(=O)(O)O)O[C@H]1n1c[n+](C)c2c(=O)[nH]c(N)nc21. The second-order valence-electron chi connectivity index (χ2n) is 6.35. The van der Waals surface area contributed by atoms with E-state index < -0.39 is 52.4 Å². The van der Waals surface area contributed by atoms with E-state index in [-0.39, 0.29) is 17.1 Å². The Balaban J connectivity index is 1.88. The second kappa shape index (κ2) is 8.09. The Morgan fingerprint density at radius 3 is 2.67 bits per heavy atom. The number of aromatic amines is 1. The molecule has 0 aromatic carbocycles. The molecule has 2 aromatic rings. The van der Waals surface area contributed by atoms with Crippen LogP contribution in [0.2, 0.25) is 0 Å². The number of nitrogens with one attached hydrogen (secondary N) is 1. The van der Waals surface area contributed by atoms with E-state index in [1.54, 1.807) is 7.05 Å². The van der Waals surface area contributed by atoms with E-state index in [1.165, 1.54) is 22.6 Å². The van der Waals surface area contributed by atoms with Crippen molar-refractivity contribution in [2.45, 2.75) is 24.5 Å². The standard InChI is InChI=1S/C12H19N5O11P2/c1-16-4-17(9-6(16)10(19)15-12(13)14-9)11-8(25-2)7(18)5(27-11)3-26-30(23,24)28-29(20,21)22/h4-5,7-8,11,18H,3H2,1-2H3,(H5-,13,14,15,19,20,21,22,23,24)/p+1/t5-,7-,8-,11-/m1/s1. The summed E-state index contributed by atoms with van der Waals surface area (Å²) >= 11 is 0. The van der Waals surface area contributed by atoms with Gasteiger partial charge in [-0.1, -0.05) is 0 Å². The Bertz CT molecular complexity index is 1100. The molecule has 0 radical (unpaired) electrons. The highest BCUT2D eigenvalue weighted by Gasteiger charge is 2.50. The third-order valence-corrected chi connectivity index (χ3v) is 6.41. The van der Waals surface area contributed by atoms with Gasteiger partial charge in [0.15, 0.2) is 6.10 Å². The van der Waals surface area contributed by atoms with Crippen LogP contribution in [0.1, 0.15) is 6.23 Å². The number of ether oxygens (including phenoxy) is 2. The largest absolute Gasteiger partial charge is 0.481 e. The predicted octanol–water partition coefficient (Wildman–Crippen LogP) is -2.37. The van der Waals surface area contributed by atoms with Crippen LogP contribution in [0.25, 0.3) is 11.2 Å². The molecular weight excluding hydrogens is 452 g/mol. The number of fused-ring (bicyclic) bond motifs is 1. The van der Waals surface area contributed by atoms with Crippen LogP contribution >= 0.6 is 15.6 Å². The van der Waals surface area contributed by atoms with Crippen LogP contribution in [0, 0.1) is 0 Å². The van der Waals surface area contributed by atoms with Crippen molar-refractivity contribution in [2.24, 2.45) is 7.05 Å². The number of methoxy groups -OCH3 is 1. The molecule has 3 heterocycles. The molecule has 1 aliphatic rings. The van der Waals surface area contributed by atoms with Crippen molar-refractivity contribution in [3.63, 3.8) is 0 Å². The van der Waals surface area contributed by atoms with Crippen molar-refractivity contribution in [1.82, 2.24) is 14.5 Å². The average molecular weight is 472 g/mol. The van der Waals surface area contributed by atoms with Gasteiger partial charge in [0.25, 0.3) is 11.2 Å². The van der Waals surface area contributed by atoms with Gasteiger partial charge in [0.2, 0.25) is 18.5 Å². The van der Waals surface area contributed by atoms with Crippen molar-refractivity contribution >= 4 is 32.8 Å². The molecule has 30 heavy (non-hydrogen) atoms. The Kier molecular flexibility index (Phi) is 6.19. The summed E-state index contributed by atoms with van der Waals surface area (Å²) in [6.45, 7) is -0.771. The fourth-order valence-electron chi connectivity index (χ4n) is 3.12. The molecule has 0 saturated carbocycles. The van der Waals surface area contributed by atoms with Gasteiger partial charge < -0.3 is 35.0 Å². The first kappa shape index (κ1) is 23.0. The first-order valence-electron chi connectivity index (χ1n) is 8.19. The number of nitrogens with two attached hydrogens (primary N) is 1. The molecule has 18 heteroatoms. The average Bonchev–Trinajstić information content (AvgIpc) is 3.07. The van der Waals surface area contributed by atoms with E-state index in [1.807, 2.05) is 0 Å². The smallest absolute Gasteiger partial charge is 0.387 e. The van der Waals surface area contributed by atoms with E-state index in [9.17, 15) is 23.9 Å². The summed E-state index contributed by atoms with van der Waals surface area (Å²) in [5.74, 6) is -0.157. The van der Waals surface area contributed by atoms with E-state index in [2.05, 4.69) is 18.8 Å². The molecule has 0 aliphatic carbocycles. The maximum Gasteiger partial charge on any atom is 0.481 e. The molecular formula is C12H20N5O11P2+. The fraction of sp³-hybridized carbons (Fsp3) is 0.583. The Morgan fingerprint density at radius 1 is 1.40 bits per heavy atom. The normalized spacial score (nSPS) is 26.9. The van der Waals surface area contributed by atoms with Gasteiger partial charge in [-0.3, -0.25) is 14.3 Å². The number of H-pyrrole nitrogens is 1. The zero-order valence-electron chi connectivity index (χ0n) is 15.6. The van der Waals surface area contributed by atoms with Crippen LogP contribution in [0.4, 0.5) is 5.95 Å². The van der Waals surface area contributed by atoms with Gasteiger partial charge in [0.1, 0.15) is 12.2 Å². The Labute approximate surface area is 167 Å². The lowest BCUT2D eigenvalue weighted by Crippen LogP contribution is -2.35. The number of aryl methyl sites for hydroxylation is 1. The molecule has 2 aromatic heterocycles. The molecule has 3 rings (SSSR count). The number of hydrogen-bond acceptors (Lipinski definition) is 10. The zero-order chi connectivity index (χ0) is 22.4. The minimum atomic E-state index is -5.30. The van der Waals surface area contributed by atoms with Gasteiger partial charge in [-0.15, -0.1) is 0 Å². The lowest BCUT2D eigenvalue weighted by atomic mass is 10.1. The summed E-state index contributed by atoms with van der Waals surface area (Å²) in [6, 6.07) is 0. The molecule has 7 N–H and O–H groups in total. The molecule has 0 bridgehead atoms. The molecule has 16 nitrogen and oxygen atoms in total. The summed E-state index contributed by atoms with van der Waals surface area (Å²) in [4.78, 5) is 45.3. The van der Waals surface area contributed by atoms with Gasteiger partial charge in [0.05, 0.1) is 13.7 Å². The van der Waals surface area contributed by atoms with Crippen LogP contribution in [0.3, 0.4) is 0 Å². The highest BCUT2D eigenvalue weighted by molar-refractivity contribution is 7.60. The highest BCUT2D eigenvalue weighted by Crippen LogP contribution is 2.57. The fourth-order valence-corrected chi connectivity index (χ4v) is 4.71. The van der Waals surface area contributed by atoms with Gasteiger partial charge >= 0.3 is 21.2 Å². The van der Waals surface area contributed by atoms with Crippen molar-refractivity contribution in [3.05, 3.63) is 16.7 Å². The number of hydrogen-bond donors (Lipinski definition) is 6. The molecule has 5 atom stereocenters. The topological polar surface area (TPSA) is 233 Å². The monoisotopic (exact) mass is 472 g/mol. The van der Waals surface area contributed by atoms with Gasteiger partial charge in [-0.25, -0.2) is 13.7 Å². The van der Waals surface area contributed by atoms with Crippen LogP contribution < -0.4 is 15.9 Å². The molecule has 1 unspecified atom stereocenters. The Hall–Kier alpha value is -1.71. The lowest BCUT2D eigenvalue weighted by molar-refractivity contribution is -0.646. The number of imidazole rings is 1. The number of rotatable bonds is 7. The highest BCUT2D eigenvalue weighted by atomic mass is 31.3. The lowest BCUT2D eigenvalue weighted by Gasteiger charge is -2.17. The zero-order valence-corrected chi connectivity index (χ0v) is 17.3. The first-order chi connectivity index (χ1) is 13.8. The molecule has 168 valence electrons. The maximum absolute atomic E-state index is 12.2. The second-order valence-corrected chi connectivity index (χ2v) is 9.18. The van der Waals surface area contributed by atoms with Crippen molar-refractivity contribution in [2.75, 3.05) is 19.5 Å². The number of nitrogen functional groups attached to an aromatic ring is 1. The summed E-state index contributed by atoms with van der Waals surface area (Å²) in [6.07, 6.45) is -3.29. The molecule has 0 amide bonds. The summed E-state index contributed by atoms with van der Waals surface area (Å²) in [5, 5.41) is 10.5. The third kappa shape index (κ3) is 4.63. The van der Waals surface area contributed by atoms with E-state index in [4.69, 9.17) is 25.0 Å². The number of anilines is 1. The summed E-state index contributed by atoms with van der Waals surface area (Å²) in [7, 11) is -7.59. The maximum atomic E-state index is 12.2. The quantitative estimate of drug-likeness (QED) is 0.183. The number of aliphatic hydroxyl groups excluding tert-OH is 1. The van der Waals surface area contributed by atoms with Crippen LogP contribution in [-0.2, 0) is 34.5 Å². The van der Waals surface area contributed by atoms with Crippen LogP contribution in [0.15, 0.2) is 11.1 Å². The number of aromatic nitrogens is 4. The van der Waals surface area contributed by atoms with E-state index in [0.717, 1.165) is 0 Å². The van der Waals surface area contributed by atoms with Gasteiger partial charge in [-0.2, -0.15) is 13.9 Å².